The average Bonchev–Trinajstić information content (AvgIpc) is 2.89. The van der Waals surface area contributed by atoms with Crippen LogP contribution in [0.2, 0.25) is 0 Å². The van der Waals surface area contributed by atoms with Crippen LogP contribution in [0.3, 0.4) is 0 Å². The van der Waals surface area contributed by atoms with E-state index in [1.807, 2.05) is 12.3 Å². The molecule has 0 unspecified atom stereocenters. The molecule has 1 aliphatic carbocycles. The van der Waals surface area contributed by atoms with Crippen molar-refractivity contribution in [3.63, 3.8) is 0 Å². The van der Waals surface area contributed by atoms with Gasteiger partial charge in [-0.2, -0.15) is 0 Å². The minimum Gasteiger partial charge on any atom is -0.481 e. The second-order valence-corrected chi connectivity index (χ2v) is 6.55. The molecule has 21 heavy (non-hydrogen) atoms. The number of hydrogen-bond acceptors (Lipinski definition) is 4. The van der Waals surface area contributed by atoms with Crippen LogP contribution >= 0.6 is 11.3 Å². The van der Waals surface area contributed by atoms with Crippen LogP contribution in [0.15, 0.2) is 11.5 Å². The fourth-order valence-electron chi connectivity index (χ4n) is 2.63. The van der Waals surface area contributed by atoms with Gasteiger partial charge in [-0.3, -0.25) is 9.59 Å². The molecule has 2 rings (SSSR count). The number of carboxylic acid groups (broad SMARTS) is 1. The van der Waals surface area contributed by atoms with Gasteiger partial charge in [0.2, 0.25) is 5.91 Å². The number of aryl methyl sites for hydroxylation is 1. The van der Waals surface area contributed by atoms with Crippen molar-refractivity contribution in [2.45, 2.75) is 39.0 Å². The quantitative estimate of drug-likeness (QED) is 0.820. The van der Waals surface area contributed by atoms with E-state index in [0.29, 0.717) is 12.8 Å². The largest absolute Gasteiger partial charge is 0.481 e. The Kier molecular flexibility index (Phi) is 5.12. The van der Waals surface area contributed by atoms with E-state index in [0.717, 1.165) is 30.0 Å². The number of nitrogens with one attached hydrogen (secondary N) is 1. The molecular weight excluding hydrogens is 288 g/mol. The predicted octanol–water partition coefficient (Wildman–Crippen LogP) is 2.62. The normalized spacial score (nSPS) is 17.8. The smallest absolute Gasteiger partial charge is 0.311 e. The standard InChI is InChI=1S/C15H20N2O3S/c1-11-17-12(9-21-11)5-6-13(18)16-10-15(14(19)20)7-3-2-4-8-15/h5-6,9H,2-4,7-8,10H2,1H3,(H,16,18)(H,19,20)/b6-5+. The van der Waals surface area contributed by atoms with E-state index in [4.69, 9.17) is 0 Å². The maximum absolute atomic E-state index is 11.8. The van der Waals surface area contributed by atoms with Crippen LogP contribution in [0, 0.1) is 12.3 Å². The second-order valence-electron chi connectivity index (χ2n) is 5.49. The van der Waals surface area contributed by atoms with Gasteiger partial charge in [-0.05, 0) is 25.8 Å². The highest BCUT2D eigenvalue weighted by Crippen LogP contribution is 2.35. The van der Waals surface area contributed by atoms with Crippen LogP contribution in [-0.4, -0.2) is 28.5 Å². The van der Waals surface area contributed by atoms with Gasteiger partial charge in [-0.1, -0.05) is 19.3 Å². The maximum atomic E-state index is 11.8. The summed E-state index contributed by atoms with van der Waals surface area (Å²) in [5.41, 5.74) is -0.0443. The van der Waals surface area contributed by atoms with Gasteiger partial charge in [0, 0.05) is 18.0 Å². The molecule has 1 aromatic heterocycles. The first-order valence-corrected chi connectivity index (χ1v) is 8.01. The molecule has 0 spiro atoms. The number of aliphatic carboxylic acids is 1. The molecule has 1 amide bonds. The number of carboxylic acids is 1. The van der Waals surface area contributed by atoms with E-state index < -0.39 is 11.4 Å². The van der Waals surface area contributed by atoms with Gasteiger partial charge in [0.1, 0.15) is 0 Å². The fraction of sp³-hybridized carbons (Fsp3) is 0.533. The van der Waals surface area contributed by atoms with Crippen LogP contribution in [0.4, 0.5) is 0 Å². The number of carbonyl (C=O) groups is 2. The zero-order valence-electron chi connectivity index (χ0n) is 12.1. The molecule has 1 aliphatic rings. The molecule has 1 aromatic rings. The Morgan fingerprint density at radius 2 is 2.14 bits per heavy atom. The van der Waals surface area contributed by atoms with Gasteiger partial charge in [-0.25, -0.2) is 4.98 Å². The minimum absolute atomic E-state index is 0.196. The van der Waals surface area contributed by atoms with Gasteiger partial charge in [0.15, 0.2) is 0 Å². The molecule has 0 bridgehead atoms. The average molecular weight is 308 g/mol. The lowest BCUT2D eigenvalue weighted by atomic mass is 9.74. The predicted molar refractivity (Wildman–Crippen MR) is 82.0 cm³/mol. The lowest BCUT2D eigenvalue weighted by Crippen LogP contribution is -2.44. The molecule has 2 N–H and O–H groups in total. The van der Waals surface area contributed by atoms with E-state index in [2.05, 4.69) is 10.3 Å². The molecule has 1 fully saturated rings. The van der Waals surface area contributed by atoms with Crippen molar-refractivity contribution in [2.75, 3.05) is 6.54 Å². The zero-order valence-corrected chi connectivity index (χ0v) is 12.9. The summed E-state index contributed by atoms with van der Waals surface area (Å²) in [7, 11) is 0. The Morgan fingerprint density at radius 3 is 2.71 bits per heavy atom. The van der Waals surface area contributed by atoms with E-state index in [-0.39, 0.29) is 12.5 Å². The third-order valence-electron chi connectivity index (χ3n) is 3.91. The summed E-state index contributed by atoms with van der Waals surface area (Å²) in [6, 6.07) is 0. The highest BCUT2D eigenvalue weighted by atomic mass is 32.1. The lowest BCUT2D eigenvalue weighted by Gasteiger charge is -2.33. The number of carbonyl (C=O) groups excluding carboxylic acids is 1. The number of rotatable bonds is 5. The molecule has 6 heteroatoms. The summed E-state index contributed by atoms with van der Waals surface area (Å²) < 4.78 is 0. The number of hydrogen-bond donors (Lipinski definition) is 2. The molecule has 5 nitrogen and oxygen atoms in total. The van der Waals surface area contributed by atoms with Crippen molar-refractivity contribution in [2.24, 2.45) is 5.41 Å². The van der Waals surface area contributed by atoms with Gasteiger partial charge < -0.3 is 10.4 Å². The molecule has 0 atom stereocenters. The number of thiazole rings is 1. The van der Waals surface area contributed by atoms with Gasteiger partial charge in [0.25, 0.3) is 0 Å². The highest BCUT2D eigenvalue weighted by molar-refractivity contribution is 7.09. The first-order chi connectivity index (χ1) is 10.0. The molecular formula is C15H20N2O3S. The molecule has 0 aromatic carbocycles. The third kappa shape index (κ3) is 4.14. The van der Waals surface area contributed by atoms with Crippen molar-refractivity contribution >= 4 is 29.3 Å². The van der Waals surface area contributed by atoms with Gasteiger partial charge in [-0.15, -0.1) is 11.3 Å². The van der Waals surface area contributed by atoms with E-state index >= 15 is 0 Å². The minimum atomic E-state index is -0.804. The zero-order chi connectivity index (χ0) is 15.3. The van der Waals surface area contributed by atoms with Crippen LogP contribution in [0.1, 0.15) is 42.8 Å². The second kappa shape index (κ2) is 6.85. The fourth-order valence-corrected chi connectivity index (χ4v) is 3.21. The number of amides is 1. The monoisotopic (exact) mass is 308 g/mol. The Hall–Kier alpha value is -1.69. The summed E-state index contributed by atoms with van der Waals surface area (Å²) in [6.07, 6.45) is 7.23. The van der Waals surface area contributed by atoms with Crippen LogP contribution in [0.5, 0.6) is 0 Å². The number of aromatic nitrogens is 1. The topological polar surface area (TPSA) is 79.3 Å². The Morgan fingerprint density at radius 1 is 1.43 bits per heavy atom. The molecule has 1 heterocycles. The third-order valence-corrected chi connectivity index (χ3v) is 4.70. The van der Waals surface area contributed by atoms with Crippen molar-refractivity contribution in [3.8, 4) is 0 Å². The highest BCUT2D eigenvalue weighted by Gasteiger charge is 2.39. The van der Waals surface area contributed by atoms with Crippen molar-refractivity contribution in [1.82, 2.24) is 10.3 Å². The summed E-state index contributed by atoms with van der Waals surface area (Å²) >= 11 is 1.52. The molecule has 114 valence electrons. The molecule has 0 radical (unpaired) electrons. The first-order valence-electron chi connectivity index (χ1n) is 7.13. The van der Waals surface area contributed by atoms with E-state index in [9.17, 15) is 14.7 Å². The lowest BCUT2D eigenvalue weighted by molar-refractivity contribution is -0.150. The van der Waals surface area contributed by atoms with E-state index in [1.54, 1.807) is 6.08 Å². The van der Waals surface area contributed by atoms with Crippen molar-refractivity contribution in [3.05, 3.63) is 22.2 Å². The van der Waals surface area contributed by atoms with Crippen molar-refractivity contribution in [1.29, 1.82) is 0 Å². The summed E-state index contributed by atoms with van der Waals surface area (Å²) in [4.78, 5) is 27.5. The molecule has 1 saturated carbocycles. The Balaban J connectivity index is 1.90. The SMILES string of the molecule is Cc1nc(/C=C/C(=O)NCC2(C(=O)O)CCCCC2)cs1. The van der Waals surface area contributed by atoms with Gasteiger partial charge >= 0.3 is 5.97 Å². The van der Waals surface area contributed by atoms with Crippen LogP contribution in [0.25, 0.3) is 6.08 Å². The van der Waals surface area contributed by atoms with Crippen LogP contribution in [-0.2, 0) is 9.59 Å². The van der Waals surface area contributed by atoms with Crippen LogP contribution < -0.4 is 5.32 Å². The first kappa shape index (κ1) is 15.7. The summed E-state index contributed by atoms with van der Waals surface area (Å²) in [5.74, 6) is -1.08. The number of nitrogens with zero attached hydrogens (tertiary/aromatic N) is 1. The summed E-state index contributed by atoms with van der Waals surface area (Å²) in [6.45, 7) is 2.10. The summed E-state index contributed by atoms with van der Waals surface area (Å²) in [5, 5.41) is 15.0. The maximum Gasteiger partial charge on any atom is 0.311 e. The molecule has 0 aliphatic heterocycles. The van der Waals surface area contributed by atoms with Crippen molar-refractivity contribution < 1.29 is 14.7 Å². The Bertz CT molecular complexity index is 545. The Labute approximate surface area is 128 Å². The van der Waals surface area contributed by atoms with E-state index in [1.165, 1.54) is 17.4 Å². The molecule has 0 saturated heterocycles. The van der Waals surface area contributed by atoms with Gasteiger partial charge in [0.05, 0.1) is 16.1 Å².